The largest absolute Gasteiger partial charge is 0.307 e. The maximum atomic E-state index is 8.00. The van der Waals surface area contributed by atoms with Gasteiger partial charge in [0.05, 0.1) is 0 Å². The molecule has 0 spiro atoms. The minimum atomic E-state index is 0. The van der Waals surface area contributed by atoms with Crippen LogP contribution in [-0.2, 0) is 26.4 Å². The molecule has 13 heavy (non-hydrogen) atoms. The smallest absolute Gasteiger partial charge is 0.106 e. The molecule has 1 aliphatic rings. The van der Waals surface area contributed by atoms with Crippen molar-refractivity contribution in [3.05, 3.63) is 24.3 Å². The molecular formula is C10H16CoO2. The molecule has 0 N–H and O–H groups in total. The predicted octanol–water partition coefficient (Wildman–Crippen LogP) is 2.30. The number of hydrogen-bond donors (Lipinski definition) is 0. The van der Waals surface area contributed by atoms with Crippen LogP contribution in [0.3, 0.4) is 0 Å². The van der Waals surface area contributed by atoms with E-state index >= 15 is 0 Å². The summed E-state index contributed by atoms with van der Waals surface area (Å²) in [5, 5.41) is 0. The molecular weight excluding hydrogens is 211 g/mol. The van der Waals surface area contributed by atoms with Gasteiger partial charge in [-0.1, -0.05) is 24.3 Å². The van der Waals surface area contributed by atoms with E-state index in [0.717, 1.165) is 0 Å². The Morgan fingerprint density at radius 1 is 0.615 bits per heavy atom. The van der Waals surface area contributed by atoms with E-state index in [2.05, 4.69) is 24.3 Å². The molecule has 0 heterocycles. The Hall–Kier alpha value is -0.674. The van der Waals surface area contributed by atoms with Gasteiger partial charge in [0.2, 0.25) is 0 Å². The zero-order valence-corrected chi connectivity index (χ0v) is 8.74. The number of carbonyl (C=O) groups excluding carboxylic acids is 2. The molecule has 0 atom stereocenters. The van der Waals surface area contributed by atoms with Crippen LogP contribution in [0.2, 0.25) is 0 Å². The van der Waals surface area contributed by atoms with Gasteiger partial charge in [-0.05, 0) is 25.7 Å². The van der Waals surface area contributed by atoms with Crippen LogP contribution in [-0.4, -0.2) is 13.6 Å². The van der Waals surface area contributed by atoms with Crippen LogP contribution in [0, 0.1) is 0 Å². The van der Waals surface area contributed by atoms with Gasteiger partial charge in [0.15, 0.2) is 0 Å². The van der Waals surface area contributed by atoms with Crippen LogP contribution in [0.25, 0.3) is 0 Å². The summed E-state index contributed by atoms with van der Waals surface area (Å²) in [5.41, 5.74) is 0. The summed E-state index contributed by atoms with van der Waals surface area (Å²) >= 11 is 0. The summed E-state index contributed by atoms with van der Waals surface area (Å²) in [6.07, 6.45) is 14.0. The second-order valence-electron chi connectivity index (χ2n) is 2.10. The van der Waals surface area contributed by atoms with Gasteiger partial charge in [-0.25, -0.2) is 0 Å². The molecule has 0 aromatic heterocycles. The Bertz CT molecular complexity index is 105. The minimum absolute atomic E-state index is 0. The number of carbonyl (C=O) groups is 2. The van der Waals surface area contributed by atoms with Crippen molar-refractivity contribution in [2.24, 2.45) is 0 Å². The van der Waals surface area contributed by atoms with E-state index in [1.54, 1.807) is 0 Å². The van der Waals surface area contributed by atoms with Gasteiger partial charge in [-0.3, -0.25) is 0 Å². The van der Waals surface area contributed by atoms with E-state index in [0.29, 0.717) is 0 Å². The van der Waals surface area contributed by atoms with Crippen molar-refractivity contribution in [1.29, 1.82) is 0 Å². The average Bonchev–Trinajstić information content (AvgIpc) is 2.10. The molecule has 0 aromatic rings. The van der Waals surface area contributed by atoms with Crippen LogP contribution in [0.4, 0.5) is 0 Å². The van der Waals surface area contributed by atoms with Crippen molar-refractivity contribution in [2.75, 3.05) is 0 Å². The summed E-state index contributed by atoms with van der Waals surface area (Å²) in [6, 6.07) is 0. The van der Waals surface area contributed by atoms with E-state index in [1.807, 2.05) is 13.6 Å². The quantitative estimate of drug-likeness (QED) is 0.595. The van der Waals surface area contributed by atoms with E-state index < -0.39 is 0 Å². The maximum absolute atomic E-state index is 8.00. The van der Waals surface area contributed by atoms with Crippen molar-refractivity contribution in [3.8, 4) is 0 Å². The van der Waals surface area contributed by atoms with Crippen molar-refractivity contribution < 1.29 is 26.4 Å². The molecule has 2 nitrogen and oxygen atoms in total. The molecule has 1 radical (unpaired) electrons. The zero-order valence-electron chi connectivity index (χ0n) is 7.70. The molecule has 0 unspecified atom stereocenters. The second kappa shape index (κ2) is 22.5. The Balaban J connectivity index is -0.000000178. The molecule has 0 saturated carbocycles. The Labute approximate surface area is 90.3 Å². The number of hydrogen-bond acceptors (Lipinski definition) is 2. The average molecular weight is 227 g/mol. The van der Waals surface area contributed by atoms with Gasteiger partial charge in [-0.15, -0.1) is 0 Å². The van der Waals surface area contributed by atoms with Gasteiger partial charge < -0.3 is 9.59 Å². The fraction of sp³-hybridized carbons (Fsp3) is 0.400. The van der Waals surface area contributed by atoms with Crippen LogP contribution in [0.15, 0.2) is 24.3 Å². The van der Waals surface area contributed by atoms with Crippen LogP contribution in [0.5, 0.6) is 0 Å². The Morgan fingerprint density at radius 2 is 0.769 bits per heavy atom. The summed E-state index contributed by atoms with van der Waals surface area (Å²) in [4.78, 5) is 16.0. The first-order valence-corrected chi connectivity index (χ1v) is 3.88. The zero-order chi connectivity index (χ0) is 9.66. The third-order valence-electron chi connectivity index (χ3n) is 1.33. The molecule has 0 aliphatic heterocycles. The third kappa shape index (κ3) is 18.4. The van der Waals surface area contributed by atoms with Gasteiger partial charge in [-0.2, -0.15) is 0 Å². The Kier molecular flexibility index (Phi) is 31.5. The normalized spacial score (nSPS) is 17.8. The first-order valence-electron chi connectivity index (χ1n) is 3.88. The van der Waals surface area contributed by atoms with Crippen molar-refractivity contribution in [1.82, 2.24) is 0 Å². The monoisotopic (exact) mass is 227 g/mol. The second-order valence-corrected chi connectivity index (χ2v) is 2.10. The predicted molar refractivity (Wildman–Crippen MR) is 51.0 cm³/mol. The summed E-state index contributed by atoms with van der Waals surface area (Å²) in [6.45, 7) is 4.00. The van der Waals surface area contributed by atoms with E-state index in [1.165, 1.54) is 25.7 Å². The minimum Gasteiger partial charge on any atom is -0.307 e. The van der Waals surface area contributed by atoms with E-state index in [4.69, 9.17) is 9.59 Å². The van der Waals surface area contributed by atoms with Gasteiger partial charge in [0.25, 0.3) is 0 Å². The number of allylic oxidation sites excluding steroid dienone is 4. The molecule has 1 rings (SSSR count). The SMILES string of the molecule is C1=C\CC/C=C\CC/1.C=O.C=O.[Co]. The van der Waals surface area contributed by atoms with Crippen molar-refractivity contribution >= 4 is 13.6 Å². The van der Waals surface area contributed by atoms with Crippen molar-refractivity contribution in [3.63, 3.8) is 0 Å². The van der Waals surface area contributed by atoms with Crippen LogP contribution < -0.4 is 0 Å². The first kappa shape index (κ1) is 18.2. The van der Waals surface area contributed by atoms with E-state index in [9.17, 15) is 0 Å². The fourth-order valence-electron chi connectivity index (χ4n) is 0.856. The molecule has 0 aromatic carbocycles. The van der Waals surface area contributed by atoms with Gasteiger partial charge in [0.1, 0.15) is 13.6 Å². The molecule has 1 aliphatic carbocycles. The standard InChI is InChI=1S/C8H12.2CH2O.Co/c1-2-4-6-8-7-5-3-1;2*1-2;/h1-2,7-8H,3-6H2;2*1H2;/b2-1-,8-7-;;;. The molecule has 0 fully saturated rings. The molecule has 0 saturated heterocycles. The number of rotatable bonds is 0. The molecule has 3 heteroatoms. The summed E-state index contributed by atoms with van der Waals surface area (Å²) in [7, 11) is 0. The van der Waals surface area contributed by atoms with Crippen molar-refractivity contribution in [2.45, 2.75) is 25.7 Å². The summed E-state index contributed by atoms with van der Waals surface area (Å²) in [5.74, 6) is 0. The molecule has 0 amide bonds. The van der Waals surface area contributed by atoms with E-state index in [-0.39, 0.29) is 16.8 Å². The summed E-state index contributed by atoms with van der Waals surface area (Å²) < 4.78 is 0. The van der Waals surface area contributed by atoms with Crippen LogP contribution in [0.1, 0.15) is 25.7 Å². The van der Waals surface area contributed by atoms with Gasteiger partial charge >= 0.3 is 0 Å². The topological polar surface area (TPSA) is 34.1 Å². The van der Waals surface area contributed by atoms with Gasteiger partial charge in [0, 0.05) is 16.8 Å². The first-order chi connectivity index (χ1) is 6.00. The fourth-order valence-corrected chi connectivity index (χ4v) is 0.856. The Morgan fingerprint density at radius 3 is 0.923 bits per heavy atom. The third-order valence-corrected chi connectivity index (χ3v) is 1.33. The molecule has 77 valence electrons. The molecule has 0 bridgehead atoms. The van der Waals surface area contributed by atoms with Crippen LogP contribution >= 0.6 is 0 Å². The maximum Gasteiger partial charge on any atom is 0.106 e.